The van der Waals surface area contributed by atoms with Crippen molar-refractivity contribution in [2.45, 2.75) is 37.1 Å². The number of rotatable bonds is 3. The van der Waals surface area contributed by atoms with Gasteiger partial charge >= 0.3 is 0 Å². The van der Waals surface area contributed by atoms with Crippen molar-refractivity contribution in [2.75, 3.05) is 13.1 Å². The van der Waals surface area contributed by atoms with Crippen molar-refractivity contribution in [2.24, 2.45) is 0 Å². The van der Waals surface area contributed by atoms with Gasteiger partial charge in [-0.3, -0.25) is 9.59 Å². The minimum absolute atomic E-state index is 0.0630. The maximum Gasteiger partial charge on any atom is 0.258 e. The number of benzene rings is 1. The van der Waals surface area contributed by atoms with Crippen LogP contribution in [0.5, 0.6) is 0 Å². The molecule has 2 amide bonds. The molecule has 120 valence electrons. The lowest BCUT2D eigenvalue weighted by atomic mass is 10.0. The number of carbonyl (C=O) groups excluding carboxylic acids is 2. The molecule has 2 rings (SSSR count). The number of nitrogens with zero attached hydrogens (tertiary/aromatic N) is 1. The van der Waals surface area contributed by atoms with E-state index in [1.807, 2.05) is 31.2 Å². The van der Waals surface area contributed by atoms with Crippen LogP contribution in [0.2, 0.25) is 0 Å². The molecule has 1 aromatic rings. The average Bonchev–Trinajstić information content (AvgIpc) is 2.46. The molecule has 0 radical (unpaired) electrons. The van der Waals surface area contributed by atoms with Crippen LogP contribution in [0.1, 0.15) is 35.7 Å². The van der Waals surface area contributed by atoms with Gasteiger partial charge in [-0.2, -0.15) is 0 Å². The van der Waals surface area contributed by atoms with E-state index in [0.29, 0.717) is 31.5 Å². The fraction of sp³-hybridized carbons (Fsp3) is 0.500. The van der Waals surface area contributed by atoms with E-state index in [4.69, 9.17) is 23.2 Å². The third kappa shape index (κ3) is 4.14. The highest BCUT2D eigenvalue weighted by Gasteiger charge is 2.34. The van der Waals surface area contributed by atoms with Gasteiger partial charge in [0.25, 0.3) is 11.8 Å². The molecule has 0 spiro atoms. The fourth-order valence-electron chi connectivity index (χ4n) is 2.60. The Labute approximate surface area is 140 Å². The van der Waals surface area contributed by atoms with Crippen LogP contribution in [-0.2, 0) is 4.79 Å². The van der Waals surface area contributed by atoms with Crippen LogP contribution < -0.4 is 5.32 Å². The summed E-state index contributed by atoms with van der Waals surface area (Å²) in [6.45, 7) is 4.49. The Kier molecular flexibility index (Phi) is 5.35. The second kappa shape index (κ2) is 6.88. The summed E-state index contributed by atoms with van der Waals surface area (Å²) in [5.74, 6) is -0.345. The molecule has 0 saturated carbocycles. The standard InChI is InChI=1S/C16H20Cl2N2O2/c1-11-5-3-4-6-13(11)14(21)19-12-7-9-20(10-8-12)15(22)16(2,17)18/h3-6,12H,7-10H2,1-2H3,(H,19,21). The lowest BCUT2D eigenvalue weighted by Gasteiger charge is -2.34. The van der Waals surface area contributed by atoms with E-state index in [-0.39, 0.29) is 17.9 Å². The number of aryl methyl sites for hydroxylation is 1. The summed E-state index contributed by atoms with van der Waals surface area (Å²) in [4.78, 5) is 25.9. The molecule has 1 aliphatic rings. The molecule has 1 N–H and O–H groups in total. The third-order valence-corrected chi connectivity index (χ3v) is 4.21. The van der Waals surface area contributed by atoms with Gasteiger partial charge < -0.3 is 10.2 Å². The van der Waals surface area contributed by atoms with Gasteiger partial charge in [-0.1, -0.05) is 41.4 Å². The third-order valence-electron chi connectivity index (χ3n) is 3.88. The molecule has 22 heavy (non-hydrogen) atoms. The lowest BCUT2D eigenvalue weighted by Crippen LogP contribution is -2.49. The first kappa shape index (κ1) is 17.1. The Balaban J connectivity index is 1.89. The highest BCUT2D eigenvalue weighted by molar-refractivity contribution is 6.57. The first-order chi connectivity index (χ1) is 10.3. The Morgan fingerprint density at radius 2 is 1.82 bits per heavy atom. The highest BCUT2D eigenvalue weighted by Crippen LogP contribution is 2.24. The van der Waals surface area contributed by atoms with Crippen LogP contribution in [0.25, 0.3) is 0 Å². The summed E-state index contributed by atoms with van der Waals surface area (Å²) in [6, 6.07) is 7.55. The zero-order chi connectivity index (χ0) is 16.3. The molecule has 0 unspecified atom stereocenters. The fourth-order valence-corrected chi connectivity index (χ4v) is 2.83. The van der Waals surface area contributed by atoms with Gasteiger partial charge in [0.2, 0.25) is 0 Å². The SMILES string of the molecule is Cc1ccccc1C(=O)NC1CCN(C(=O)C(C)(Cl)Cl)CC1. The van der Waals surface area contributed by atoms with Crippen molar-refractivity contribution in [1.82, 2.24) is 10.2 Å². The number of amides is 2. The van der Waals surface area contributed by atoms with Crippen molar-refractivity contribution < 1.29 is 9.59 Å². The van der Waals surface area contributed by atoms with Crippen molar-refractivity contribution in [1.29, 1.82) is 0 Å². The molecular formula is C16H20Cl2N2O2. The van der Waals surface area contributed by atoms with Crippen molar-refractivity contribution in [3.8, 4) is 0 Å². The smallest absolute Gasteiger partial charge is 0.258 e. The number of hydrogen-bond donors (Lipinski definition) is 1. The van der Waals surface area contributed by atoms with Crippen LogP contribution in [-0.4, -0.2) is 40.2 Å². The Morgan fingerprint density at radius 3 is 2.36 bits per heavy atom. The van der Waals surface area contributed by atoms with E-state index in [0.717, 1.165) is 5.56 Å². The van der Waals surface area contributed by atoms with E-state index in [1.165, 1.54) is 6.92 Å². The quantitative estimate of drug-likeness (QED) is 0.858. The maximum absolute atomic E-state index is 12.3. The molecule has 0 aliphatic carbocycles. The van der Waals surface area contributed by atoms with Gasteiger partial charge in [0, 0.05) is 24.7 Å². The number of alkyl halides is 2. The minimum atomic E-state index is -1.39. The Hall–Kier alpha value is -1.26. The van der Waals surface area contributed by atoms with E-state index < -0.39 is 4.33 Å². The summed E-state index contributed by atoms with van der Waals surface area (Å²) < 4.78 is -1.39. The minimum Gasteiger partial charge on any atom is -0.349 e. The molecule has 6 heteroatoms. The number of piperidine rings is 1. The largest absolute Gasteiger partial charge is 0.349 e. The van der Waals surface area contributed by atoms with Gasteiger partial charge in [-0.05, 0) is 38.3 Å². The van der Waals surface area contributed by atoms with E-state index in [9.17, 15) is 9.59 Å². The summed E-state index contributed by atoms with van der Waals surface area (Å²) in [6.07, 6.45) is 1.40. The van der Waals surface area contributed by atoms with Crippen LogP contribution in [0.4, 0.5) is 0 Å². The summed E-state index contributed by atoms with van der Waals surface area (Å²) in [5, 5.41) is 3.03. The zero-order valence-corrected chi connectivity index (χ0v) is 14.2. The van der Waals surface area contributed by atoms with Gasteiger partial charge in [0.05, 0.1) is 0 Å². The van der Waals surface area contributed by atoms with Crippen molar-refractivity contribution >= 4 is 35.0 Å². The normalized spacial score (nSPS) is 16.5. The van der Waals surface area contributed by atoms with E-state index >= 15 is 0 Å². The van der Waals surface area contributed by atoms with Crippen molar-refractivity contribution in [3.05, 3.63) is 35.4 Å². The zero-order valence-electron chi connectivity index (χ0n) is 12.7. The summed E-state index contributed by atoms with van der Waals surface area (Å²) in [7, 11) is 0. The van der Waals surface area contributed by atoms with Gasteiger partial charge in [-0.15, -0.1) is 0 Å². The molecule has 1 heterocycles. The molecule has 1 aromatic carbocycles. The monoisotopic (exact) mass is 342 g/mol. The number of likely N-dealkylation sites (tertiary alicyclic amines) is 1. The second-order valence-electron chi connectivity index (χ2n) is 5.74. The first-order valence-corrected chi connectivity index (χ1v) is 8.08. The highest BCUT2D eigenvalue weighted by atomic mass is 35.5. The number of halogens is 2. The van der Waals surface area contributed by atoms with Gasteiger partial charge in [0.1, 0.15) is 0 Å². The predicted molar refractivity (Wildman–Crippen MR) is 88.4 cm³/mol. The molecule has 0 bridgehead atoms. The molecule has 1 aliphatic heterocycles. The Bertz CT molecular complexity index is 562. The first-order valence-electron chi connectivity index (χ1n) is 7.32. The van der Waals surface area contributed by atoms with Gasteiger partial charge in [-0.25, -0.2) is 0 Å². The van der Waals surface area contributed by atoms with E-state index in [1.54, 1.807) is 4.90 Å². The lowest BCUT2D eigenvalue weighted by molar-refractivity contribution is -0.132. The number of hydrogen-bond acceptors (Lipinski definition) is 2. The molecular weight excluding hydrogens is 323 g/mol. The predicted octanol–water partition coefficient (Wildman–Crippen LogP) is 2.91. The Morgan fingerprint density at radius 1 is 1.23 bits per heavy atom. The van der Waals surface area contributed by atoms with Crippen LogP contribution in [0.15, 0.2) is 24.3 Å². The van der Waals surface area contributed by atoms with Crippen LogP contribution in [0.3, 0.4) is 0 Å². The maximum atomic E-state index is 12.3. The van der Waals surface area contributed by atoms with Gasteiger partial charge in [0.15, 0.2) is 4.33 Å². The van der Waals surface area contributed by atoms with E-state index in [2.05, 4.69) is 5.32 Å². The van der Waals surface area contributed by atoms with Crippen LogP contribution in [0, 0.1) is 6.92 Å². The summed E-state index contributed by atoms with van der Waals surface area (Å²) in [5.41, 5.74) is 1.64. The molecule has 0 aromatic heterocycles. The molecule has 4 nitrogen and oxygen atoms in total. The summed E-state index contributed by atoms with van der Waals surface area (Å²) >= 11 is 11.7. The molecule has 1 fully saturated rings. The molecule has 0 atom stereocenters. The van der Waals surface area contributed by atoms with Crippen LogP contribution >= 0.6 is 23.2 Å². The topological polar surface area (TPSA) is 49.4 Å². The number of nitrogens with one attached hydrogen (secondary N) is 1. The molecule has 1 saturated heterocycles. The second-order valence-corrected chi connectivity index (χ2v) is 7.45. The number of carbonyl (C=O) groups is 2. The van der Waals surface area contributed by atoms with Crippen molar-refractivity contribution in [3.63, 3.8) is 0 Å². The average molecular weight is 343 g/mol.